The van der Waals surface area contributed by atoms with Gasteiger partial charge in [0.05, 0.1) is 0 Å². The molecule has 1 saturated carbocycles. The van der Waals surface area contributed by atoms with Crippen LogP contribution in [0.4, 0.5) is 0 Å². The Morgan fingerprint density at radius 2 is 1.97 bits per heavy atom. The van der Waals surface area contributed by atoms with Gasteiger partial charge in [0.15, 0.2) is 5.84 Å². The number of allylic oxidation sites excluding steroid dienone is 1. The van der Waals surface area contributed by atoms with Crippen LogP contribution >= 0.6 is 0 Å². The van der Waals surface area contributed by atoms with E-state index in [1.807, 2.05) is 44.0 Å². The molecule has 0 radical (unpaired) electrons. The second kappa shape index (κ2) is 10.3. The molecule has 1 aliphatic heterocycles. The molecule has 0 aromatic carbocycles. The van der Waals surface area contributed by atoms with Crippen molar-refractivity contribution < 1.29 is 4.79 Å². The van der Waals surface area contributed by atoms with Crippen LogP contribution < -0.4 is 5.32 Å². The molecule has 3 rings (SSSR count). The third-order valence-corrected chi connectivity index (χ3v) is 5.75. The van der Waals surface area contributed by atoms with Crippen LogP contribution in [0.3, 0.4) is 0 Å². The SMILES string of the molecule is CC1=NC(c2ccccn2)=N/C(N(C)C(C)C(=O)NC2CCCCC2)=C/CCC1. The molecule has 0 spiro atoms. The molecule has 1 fully saturated rings. The Balaban J connectivity index is 1.80. The van der Waals surface area contributed by atoms with Crippen molar-refractivity contribution in [1.82, 2.24) is 15.2 Å². The first-order chi connectivity index (χ1) is 14.0. The molecule has 1 aliphatic carbocycles. The zero-order valence-electron chi connectivity index (χ0n) is 17.9. The van der Waals surface area contributed by atoms with E-state index in [2.05, 4.69) is 16.4 Å². The number of amides is 1. The molecule has 2 aliphatic rings. The van der Waals surface area contributed by atoms with E-state index >= 15 is 0 Å². The minimum absolute atomic E-state index is 0.0643. The van der Waals surface area contributed by atoms with Crippen molar-refractivity contribution in [3.63, 3.8) is 0 Å². The Morgan fingerprint density at radius 1 is 1.17 bits per heavy atom. The Kier molecular flexibility index (Phi) is 7.55. The number of nitrogens with zero attached hydrogens (tertiary/aromatic N) is 4. The predicted molar refractivity (Wildman–Crippen MR) is 118 cm³/mol. The molecule has 1 unspecified atom stereocenters. The quantitative estimate of drug-likeness (QED) is 0.816. The van der Waals surface area contributed by atoms with Crippen LogP contribution in [0.15, 0.2) is 46.3 Å². The van der Waals surface area contributed by atoms with Crippen LogP contribution in [0.25, 0.3) is 0 Å². The highest BCUT2D eigenvalue weighted by Crippen LogP contribution is 2.19. The summed E-state index contributed by atoms with van der Waals surface area (Å²) in [6.07, 6.45) is 12.6. The molecule has 6 nitrogen and oxygen atoms in total. The number of hydrogen-bond acceptors (Lipinski definition) is 5. The van der Waals surface area contributed by atoms with Crippen LogP contribution in [-0.4, -0.2) is 46.5 Å². The molecule has 1 amide bonds. The number of likely N-dealkylation sites (N-methyl/N-ethyl adjacent to an activating group) is 1. The standard InChI is InChI=1S/C23H33N5O/c1-17-11-7-8-15-21(27-22(25-17)20-14-9-10-16-24-20)28(3)18(2)23(29)26-19-12-5-4-6-13-19/h9-10,14-16,18-19H,4-8,11-13H2,1-3H3,(H,26,29)/b21-15-,25-17?,27-22?. The largest absolute Gasteiger partial charge is 0.352 e. The van der Waals surface area contributed by atoms with Crippen molar-refractivity contribution in [2.75, 3.05) is 7.05 Å². The topological polar surface area (TPSA) is 70.0 Å². The molecule has 156 valence electrons. The molecule has 29 heavy (non-hydrogen) atoms. The van der Waals surface area contributed by atoms with Crippen molar-refractivity contribution in [2.45, 2.75) is 77.3 Å². The average molecular weight is 396 g/mol. The summed E-state index contributed by atoms with van der Waals surface area (Å²) >= 11 is 0. The Hall–Kier alpha value is -2.50. The van der Waals surface area contributed by atoms with Crippen LogP contribution in [0.1, 0.15) is 70.9 Å². The van der Waals surface area contributed by atoms with Crippen molar-refractivity contribution in [3.05, 3.63) is 42.0 Å². The number of pyridine rings is 1. The first-order valence-corrected chi connectivity index (χ1v) is 10.8. The number of amidine groups is 1. The molecule has 2 heterocycles. The third kappa shape index (κ3) is 5.99. The summed E-state index contributed by atoms with van der Waals surface area (Å²) in [5, 5.41) is 3.23. The smallest absolute Gasteiger partial charge is 0.242 e. The molecule has 6 heteroatoms. The van der Waals surface area contributed by atoms with Crippen LogP contribution in [0.2, 0.25) is 0 Å². The van der Waals surface area contributed by atoms with E-state index in [-0.39, 0.29) is 11.9 Å². The third-order valence-electron chi connectivity index (χ3n) is 5.75. The highest BCUT2D eigenvalue weighted by molar-refractivity contribution is 6.05. The van der Waals surface area contributed by atoms with E-state index in [0.29, 0.717) is 11.9 Å². The van der Waals surface area contributed by atoms with Gasteiger partial charge in [-0.05, 0) is 64.2 Å². The van der Waals surface area contributed by atoms with Gasteiger partial charge in [-0.2, -0.15) is 0 Å². The van der Waals surface area contributed by atoms with Gasteiger partial charge in [0.1, 0.15) is 17.6 Å². The molecule has 1 aromatic rings. The number of rotatable bonds is 5. The molecule has 0 saturated heterocycles. The maximum absolute atomic E-state index is 12.9. The summed E-state index contributed by atoms with van der Waals surface area (Å²) in [6.45, 7) is 3.98. The second-order valence-electron chi connectivity index (χ2n) is 8.08. The summed E-state index contributed by atoms with van der Waals surface area (Å²) in [5.74, 6) is 1.44. The van der Waals surface area contributed by atoms with Gasteiger partial charge in [0.25, 0.3) is 0 Å². The van der Waals surface area contributed by atoms with Crippen LogP contribution in [0, 0.1) is 0 Å². The highest BCUT2D eigenvalue weighted by atomic mass is 16.2. The zero-order chi connectivity index (χ0) is 20.6. The summed E-state index contributed by atoms with van der Waals surface area (Å²) in [6, 6.07) is 5.75. The number of hydrogen-bond donors (Lipinski definition) is 1. The average Bonchev–Trinajstić information content (AvgIpc) is 2.84. The molecule has 1 atom stereocenters. The first-order valence-electron chi connectivity index (χ1n) is 10.8. The van der Waals surface area contributed by atoms with E-state index in [4.69, 9.17) is 9.98 Å². The minimum atomic E-state index is -0.303. The summed E-state index contributed by atoms with van der Waals surface area (Å²) in [7, 11) is 1.94. The van der Waals surface area contributed by atoms with Crippen molar-refractivity contribution >= 4 is 17.5 Å². The van der Waals surface area contributed by atoms with Crippen LogP contribution in [0.5, 0.6) is 0 Å². The highest BCUT2D eigenvalue weighted by Gasteiger charge is 2.24. The van der Waals surface area contributed by atoms with Crippen LogP contribution in [-0.2, 0) is 4.79 Å². The van der Waals surface area contributed by atoms with Gasteiger partial charge in [-0.1, -0.05) is 25.3 Å². The number of carbonyl (C=O) groups is 1. The maximum atomic E-state index is 12.9. The van der Waals surface area contributed by atoms with Gasteiger partial charge >= 0.3 is 0 Å². The van der Waals surface area contributed by atoms with Gasteiger partial charge in [-0.15, -0.1) is 0 Å². The minimum Gasteiger partial charge on any atom is -0.352 e. The molecular formula is C23H33N5O. The van der Waals surface area contributed by atoms with Gasteiger partial charge in [0, 0.05) is 25.0 Å². The van der Waals surface area contributed by atoms with Crippen molar-refractivity contribution in [2.24, 2.45) is 9.98 Å². The lowest BCUT2D eigenvalue weighted by Gasteiger charge is -2.29. The number of aromatic nitrogens is 1. The van der Waals surface area contributed by atoms with Crippen molar-refractivity contribution in [1.29, 1.82) is 0 Å². The van der Waals surface area contributed by atoms with Gasteiger partial charge in [-0.25, -0.2) is 9.98 Å². The maximum Gasteiger partial charge on any atom is 0.242 e. The summed E-state index contributed by atoms with van der Waals surface area (Å²) < 4.78 is 0. The fraction of sp³-hybridized carbons (Fsp3) is 0.565. The number of aliphatic imine (C=N–C) groups is 2. The molecule has 0 bridgehead atoms. The van der Waals surface area contributed by atoms with E-state index in [9.17, 15) is 4.79 Å². The molecule has 1 N–H and O–H groups in total. The van der Waals surface area contributed by atoms with Gasteiger partial charge < -0.3 is 10.2 Å². The number of nitrogens with one attached hydrogen (secondary N) is 1. The molecule has 1 aromatic heterocycles. The fourth-order valence-electron chi connectivity index (χ4n) is 3.78. The predicted octanol–water partition coefficient (Wildman–Crippen LogP) is 4.08. The lowest BCUT2D eigenvalue weighted by Crippen LogP contribution is -2.47. The molecular weight excluding hydrogens is 362 g/mol. The Morgan fingerprint density at radius 3 is 2.69 bits per heavy atom. The Labute approximate surface area is 174 Å². The first kappa shape index (κ1) is 21.2. The summed E-state index contributed by atoms with van der Waals surface area (Å²) in [4.78, 5) is 28.8. The lowest BCUT2D eigenvalue weighted by atomic mass is 9.95. The van der Waals surface area contributed by atoms with E-state index in [1.165, 1.54) is 19.3 Å². The zero-order valence-corrected chi connectivity index (χ0v) is 17.9. The van der Waals surface area contributed by atoms with Gasteiger partial charge in [-0.3, -0.25) is 9.78 Å². The number of carbonyl (C=O) groups excluding carboxylic acids is 1. The van der Waals surface area contributed by atoms with Gasteiger partial charge in [0.2, 0.25) is 5.91 Å². The van der Waals surface area contributed by atoms with Crippen molar-refractivity contribution in [3.8, 4) is 0 Å². The Bertz CT molecular complexity index is 778. The fourth-order valence-corrected chi connectivity index (χ4v) is 3.78. The van der Waals surface area contributed by atoms with E-state index in [0.717, 1.165) is 49.3 Å². The van der Waals surface area contributed by atoms with E-state index < -0.39 is 0 Å². The normalized spacial score (nSPS) is 21.4. The monoisotopic (exact) mass is 395 g/mol. The summed E-state index contributed by atoms with van der Waals surface area (Å²) in [5.41, 5.74) is 1.79. The van der Waals surface area contributed by atoms with E-state index in [1.54, 1.807) is 6.20 Å². The lowest BCUT2D eigenvalue weighted by molar-refractivity contribution is -0.125. The second-order valence-corrected chi connectivity index (χ2v) is 8.08.